The Labute approximate surface area is 145 Å². The Morgan fingerprint density at radius 3 is 2.75 bits per heavy atom. The maximum atomic E-state index is 13.4. The molecule has 3 heteroatoms. The minimum Gasteiger partial charge on any atom is -0.351 e. The molecule has 24 heavy (non-hydrogen) atoms. The van der Waals surface area contributed by atoms with E-state index < -0.39 is 0 Å². The van der Waals surface area contributed by atoms with E-state index in [0.29, 0.717) is 17.9 Å². The first kappa shape index (κ1) is 16.1. The predicted octanol–water partition coefficient (Wildman–Crippen LogP) is 3.29. The topological polar surface area (TPSA) is 41.1 Å². The maximum Gasteiger partial charge on any atom is 0.227 e. The van der Waals surface area contributed by atoms with Crippen LogP contribution < -0.4 is 10.6 Å². The van der Waals surface area contributed by atoms with Crippen LogP contribution in [0.4, 0.5) is 0 Å². The van der Waals surface area contributed by atoms with E-state index >= 15 is 0 Å². The summed E-state index contributed by atoms with van der Waals surface area (Å²) in [4.78, 5) is 13.4. The van der Waals surface area contributed by atoms with Crippen molar-refractivity contribution < 1.29 is 4.79 Å². The Bertz CT molecular complexity index is 587. The van der Waals surface area contributed by atoms with Gasteiger partial charge in [0.2, 0.25) is 5.91 Å². The molecule has 0 spiro atoms. The number of hydrogen-bond acceptors (Lipinski definition) is 2. The lowest BCUT2D eigenvalue weighted by Crippen LogP contribution is -2.56. The van der Waals surface area contributed by atoms with Crippen molar-refractivity contribution >= 4 is 5.91 Å². The Morgan fingerprint density at radius 2 is 2.08 bits per heavy atom. The number of nitrogens with one attached hydrogen (secondary N) is 2. The fraction of sp³-hybridized carbons (Fsp3) is 0.667. The van der Waals surface area contributed by atoms with E-state index in [0.717, 1.165) is 38.1 Å². The van der Waals surface area contributed by atoms with Crippen LogP contribution in [0.5, 0.6) is 0 Å². The maximum absolute atomic E-state index is 13.4. The van der Waals surface area contributed by atoms with Crippen LogP contribution in [0, 0.1) is 17.3 Å². The second kappa shape index (κ2) is 6.51. The first-order chi connectivity index (χ1) is 11.7. The van der Waals surface area contributed by atoms with E-state index in [9.17, 15) is 4.79 Å². The van der Waals surface area contributed by atoms with Crippen LogP contribution in [0.15, 0.2) is 30.3 Å². The van der Waals surface area contributed by atoms with E-state index in [1.807, 2.05) is 0 Å². The minimum atomic E-state index is -0.165. The van der Waals surface area contributed by atoms with E-state index in [1.54, 1.807) is 0 Å². The third-order valence-corrected chi connectivity index (χ3v) is 6.87. The van der Waals surface area contributed by atoms with E-state index in [2.05, 4.69) is 47.9 Å². The second-order valence-electron chi connectivity index (χ2n) is 8.36. The summed E-state index contributed by atoms with van der Waals surface area (Å²) in [6, 6.07) is 11.3. The average molecular weight is 326 g/mol. The number of carbonyl (C=O) groups is 1. The Morgan fingerprint density at radius 1 is 1.25 bits per heavy atom. The number of carbonyl (C=O) groups excluding carboxylic acids is 1. The van der Waals surface area contributed by atoms with Crippen molar-refractivity contribution in [2.24, 2.45) is 17.3 Å². The molecule has 2 saturated carbocycles. The highest BCUT2D eigenvalue weighted by Gasteiger charge is 2.55. The van der Waals surface area contributed by atoms with Gasteiger partial charge in [-0.15, -0.1) is 0 Å². The highest BCUT2D eigenvalue weighted by atomic mass is 16.2. The number of amides is 1. The van der Waals surface area contributed by atoms with Gasteiger partial charge in [0.05, 0.1) is 5.41 Å². The van der Waals surface area contributed by atoms with E-state index in [4.69, 9.17) is 0 Å². The van der Waals surface area contributed by atoms with Crippen molar-refractivity contribution in [1.29, 1.82) is 0 Å². The molecule has 1 amide bonds. The second-order valence-corrected chi connectivity index (χ2v) is 8.36. The quantitative estimate of drug-likeness (QED) is 0.891. The molecule has 0 aromatic heterocycles. The molecule has 1 aliphatic heterocycles. The summed E-state index contributed by atoms with van der Waals surface area (Å²) in [5, 5.41) is 6.96. The van der Waals surface area contributed by atoms with Gasteiger partial charge in [0, 0.05) is 12.1 Å². The molecule has 5 unspecified atom stereocenters. The van der Waals surface area contributed by atoms with Crippen LogP contribution in [-0.2, 0) is 11.2 Å². The number of rotatable bonds is 4. The number of piperidine rings is 1. The van der Waals surface area contributed by atoms with Crippen molar-refractivity contribution in [2.45, 2.75) is 64.0 Å². The standard InChI is InChI=1S/C21H30N2O/c1-15-19(8-5-11-22-15)23-20(24)21(13-16-6-3-2-4-7-16)14-17-9-10-18(21)12-17/h2-4,6-7,15,17-19,22H,5,8-14H2,1H3,(H,23,24). The monoisotopic (exact) mass is 326 g/mol. The highest BCUT2D eigenvalue weighted by Crippen LogP contribution is 2.57. The summed E-state index contributed by atoms with van der Waals surface area (Å²) in [5.74, 6) is 1.68. The van der Waals surface area contributed by atoms with Gasteiger partial charge in [0.1, 0.15) is 0 Å². The zero-order chi connectivity index (χ0) is 16.6. The zero-order valence-corrected chi connectivity index (χ0v) is 14.8. The zero-order valence-electron chi connectivity index (χ0n) is 14.8. The number of benzene rings is 1. The Kier molecular flexibility index (Phi) is 4.38. The summed E-state index contributed by atoms with van der Waals surface area (Å²) >= 11 is 0. The van der Waals surface area contributed by atoms with Crippen LogP contribution in [0.25, 0.3) is 0 Å². The molecule has 1 heterocycles. The third kappa shape index (κ3) is 2.88. The van der Waals surface area contributed by atoms with Gasteiger partial charge in [0.25, 0.3) is 0 Å². The molecule has 130 valence electrons. The lowest BCUT2D eigenvalue weighted by atomic mass is 9.68. The summed E-state index contributed by atoms with van der Waals surface area (Å²) in [5.41, 5.74) is 1.15. The molecule has 1 aromatic rings. The van der Waals surface area contributed by atoms with Crippen molar-refractivity contribution in [3.05, 3.63) is 35.9 Å². The van der Waals surface area contributed by atoms with Crippen molar-refractivity contribution in [3.8, 4) is 0 Å². The minimum absolute atomic E-state index is 0.165. The summed E-state index contributed by atoms with van der Waals surface area (Å²) in [6.07, 6.45) is 8.10. The Balaban J connectivity index is 1.55. The molecule has 3 fully saturated rings. The van der Waals surface area contributed by atoms with Crippen molar-refractivity contribution in [2.75, 3.05) is 6.54 Å². The molecule has 1 saturated heterocycles. The fourth-order valence-electron chi connectivity index (χ4n) is 5.53. The summed E-state index contributed by atoms with van der Waals surface area (Å²) < 4.78 is 0. The molecular formula is C21H30N2O. The van der Waals surface area contributed by atoms with Crippen LogP contribution in [0.2, 0.25) is 0 Å². The van der Waals surface area contributed by atoms with Crippen LogP contribution in [0.1, 0.15) is 51.0 Å². The van der Waals surface area contributed by atoms with Crippen LogP contribution in [-0.4, -0.2) is 24.5 Å². The molecule has 5 atom stereocenters. The smallest absolute Gasteiger partial charge is 0.227 e. The highest BCUT2D eigenvalue weighted by molar-refractivity contribution is 5.84. The number of hydrogen-bond donors (Lipinski definition) is 2. The van der Waals surface area contributed by atoms with Gasteiger partial charge in [0.15, 0.2) is 0 Å². The molecule has 3 nitrogen and oxygen atoms in total. The van der Waals surface area contributed by atoms with Gasteiger partial charge in [-0.1, -0.05) is 36.8 Å². The largest absolute Gasteiger partial charge is 0.351 e. The van der Waals surface area contributed by atoms with E-state index in [-0.39, 0.29) is 11.5 Å². The number of fused-ring (bicyclic) bond motifs is 2. The van der Waals surface area contributed by atoms with Crippen LogP contribution >= 0.6 is 0 Å². The summed E-state index contributed by atoms with van der Waals surface area (Å²) in [7, 11) is 0. The molecular weight excluding hydrogens is 296 g/mol. The lowest BCUT2D eigenvalue weighted by Gasteiger charge is -2.40. The van der Waals surface area contributed by atoms with Gasteiger partial charge in [-0.05, 0) is 69.4 Å². The molecule has 2 aliphatic carbocycles. The first-order valence-electron chi connectivity index (χ1n) is 9.76. The van der Waals surface area contributed by atoms with Gasteiger partial charge in [-0.3, -0.25) is 4.79 Å². The average Bonchev–Trinajstić information content (AvgIpc) is 3.19. The predicted molar refractivity (Wildman–Crippen MR) is 96.7 cm³/mol. The molecule has 0 radical (unpaired) electrons. The third-order valence-electron chi connectivity index (χ3n) is 6.87. The SMILES string of the molecule is CC1NCCCC1NC(=O)C1(Cc2ccccc2)CC2CCC1C2. The van der Waals surface area contributed by atoms with Crippen molar-refractivity contribution in [1.82, 2.24) is 10.6 Å². The van der Waals surface area contributed by atoms with E-state index in [1.165, 1.54) is 24.8 Å². The molecule has 1 aromatic carbocycles. The summed E-state index contributed by atoms with van der Waals surface area (Å²) in [6.45, 7) is 3.28. The van der Waals surface area contributed by atoms with Gasteiger partial charge in [-0.2, -0.15) is 0 Å². The molecule has 3 aliphatic rings. The molecule has 2 bridgehead atoms. The molecule has 4 rings (SSSR count). The van der Waals surface area contributed by atoms with Gasteiger partial charge < -0.3 is 10.6 Å². The van der Waals surface area contributed by atoms with Crippen molar-refractivity contribution in [3.63, 3.8) is 0 Å². The Hall–Kier alpha value is -1.35. The fourth-order valence-corrected chi connectivity index (χ4v) is 5.53. The van der Waals surface area contributed by atoms with Crippen LogP contribution in [0.3, 0.4) is 0 Å². The lowest BCUT2D eigenvalue weighted by molar-refractivity contribution is -0.135. The molecule has 2 N–H and O–H groups in total. The first-order valence-corrected chi connectivity index (χ1v) is 9.76. The van der Waals surface area contributed by atoms with Gasteiger partial charge >= 0.3 is 0 Å². The van der Waals surface area contributed by atoms with Gasteiger partial charge in [-0.25, -0.2) is 0 Å². The normalized spacial score (nSPS) is 38.2.